The molecule has 1 saturated heterocycles. The van der Waals surface area contributed by atoms with Crippen molar-refractivity contribution in [3.8, 4) is 6.07 Å². The molecule has 2 nitrogen and oxygen atoms in total. The van der Waals surface area contributed by atoms with E-state index in [0.29, 0.717) is 0 Å². The number of rotatable bonds is 2. The molecule has 1 aromatic rings. The highest BCUT2D eigenvalue weighted by Gasteiger charge is 2.33. The second kappa shape index (κ2) is 4.70. The van der Waals surface area contributed by atoms with Crippen LogP contribution in [-0.4, -0.2) is 12.1 Å². The van der Waals surface area contributed by atoms with Gasteiger partial charge in [-0.2, -0.15) is 5.26 Å². The van der Waals surface area contributed by atoms with Crippen LogP contribution in [0.2, 0.25) is 0 Å². The second-order valence-electron chi connectivity index (χ2n) is 5.16. The van der Waals surface area contributed by atoms with Crippen molar-refractivity contribution in [2.75, 3.05) is 11.4 Å². The molecule has 0 radical (unpaired) electrons. The van der Waals surface area contributed by atoms with Gasteiger partial charge in [0.05, 0.1) is 11.3 Å². The average molecular weight is 293 g/mol. The van der Waals surface area contributed by atoms with E-state index in [1.165, 1.54) is 12.8 Å². The third kappa shape index (κ3) is 2.32. The number of nitrogens with zero attached hydrogens (tertiary/aromatic N) is 2. The van der Waals surface area contributed by atoms with E-state index in [9.17, 15) is 5.26 Å². The third-order valence-corrected chi connectivity index (χ3v) is 4.17. The monoisotopic (exact) mass is 292 g/mol. The SMILES string of the molecule is CC1(C)CCCN1c1ccc(CBr)cc1C#N. The zero-order valence-corrected chi connectivity index (χ0v) is 11.9. The molecule has 2 rings (SSSR count). The summed E-state index contributed by atoms with van der Waals surface area (Å²) in [6.45, 7) is 5.55. The van der Waals surface area contributed by atoms with Gasteiger partial charge < -0.3 is 4.90 Å². The van der Waals surface area contributed by atoms with Gasteiger partial charge in [0.15, 0.2) is 0 Å². The van der Waals surface area contributed by atoms with E-state index in [2.05, 4.69) is 52.9 Å². The Labute approximate surface area is 111 Å². The number of hydrogen-bond acceptors (Lipinski definition) is 2. The Bertz CT molecular complexity index is 460. The molecule has 1 aliphatic rings. The number of anilines is 1. The molecule has 1 fully saturated rings. The Morgan fingerprint density at radius 2 is 2.24 bits per heavy atom. The van der Waals surface area contributed by atoms with Gasteiger partial charge in [-0.3, -0.25) is 0 Å². The van der Waals surface area contributed by atoms with Crippen molar-refractivity contribution >= 4 is 21.6 Å². The Hall–Kier alpha value is -1.01. The minimum absolute atomic E-state index is 0.168. The van der Waals surface area contributed by atoms with Crippen molar-refractivity contribution in [2.45, 2.75) is 37.6 Å². The Balaban J connectivity index is 2.42. The first kappa shape index (κ1) is 12.4. The van der Waals surface area contributed by atoms with Crippen LogP contribution < -0.4 is 4.90 Å². The molecular formula is C14H17BrN2. The van der Waals surface area contributed by atoms with Crippen LogP contribution >= 0.6 is 15.9 Å². The summed E-state index contributed by atoms with van der Waals surface area (Å²) in [7, 11) is 0. The fourth-order valence-corrected chi connectivity index (χ4v) is 2.89. The van der Waals surface area contributed by atoms with E-state index >= 15 is 0 Å². The number of alkyl halides is 1. The van der Waals surface area contributed by atoms with Crippen molar-refractivity contribution in [3.63, 3.8) is 0 Å². The predicted molar refractivity (Wildman–Crippen MR) is 74.4 cm³/mol. The molecule has 3 heteroatoms. The van der Waals surface area contributed by atoms with E-state index in [1.54, 1.807) is 0 Å². The molecule has 0 aliphatic carbocycles. The third-order valence-electron chi connectivity index (χ3n) is 3.53. The van der Waals surface area contributed by atoms with Crippen LogP contribution in [0.15, 0.2) is 18.2 Å². The lowest BCUT2D eigenvalue weighted by molar-refractivity contribution is 0.517. The number of halogens is 1. The van der Waals surface area contributed by atoms with Crippen LogP contribution in [-0.2, 0) is 5.33 Å². The first-order valence-corrected chi connectivity index (χ1v) is 7.07. The van der Waals surface area contributed by atoms with E-state index < -0.39 is 0 Å². The maximum Gasteiger partial charge on any atom is 0.101 e. The van der Waals surface area contributed by atoms with E-state index in [4.69, 9.17) is 0 Å². The van der Waals surface area contributed by atoms with Gasteiger partial charge in [-0.15, -0.1) is 0 Å². The molecule has 1 heterocycles. The van der Waals surface area contributed by atoms with Crippen LogP contribution in [0.4, 0.5) is 5.69 Å². The van der Waals surface area contributed by atoms with Crippen molar-refractivity contribution in [3.05, 3.63) is 29.3 Å². The normalized spacial score (nSPS) is 18.1. The van der Waals surface area contributed by atoms with Gasteiger partial charge in [-0.1, -0.05) is 22.0 Å². The number of nitriles is 1. The standard InChI is InChI=1S/C14H17BrN2/c1-14(2)6-3-7-17(14)13-5-4-11(9-15)8-12(13)10-16/h4-5,8H,3,6-7,9H2,1-2H3. The molecule has 17 heavy (non-hydrogen) atoms. The maximum atomic E-state index is 9.28. The number of hydrogen-bond donors (Lipinski definition) is 0. The van der Waals surface area contributed by atoms with Gasteiger partial charge in [0.2, 0.25) is 0 Å². The van der Waals surface area contributed by atoms with Gasteiger partial charge in [0.1, 0.15) is 6.07 Å². The lowest BCUT2D eigenvalue weighted by atomic mass is 10.00. The van der Waals surface area contributed by atoms with Crippen molar-refractivity contribution < 1.29 is 0 Å². The fourth-order valence-electron chi connectivity index (χ4n) is 2.55. The lowest BCUT2D eigenvalue weighted by Crippen LogP contribution is -2.38. The molecule has 90 valence electrons. The zero-order chi connectivity index (χ0) is 12.5. The maximum absolute atomic E-state index is 9.28. The molecular weight excluding hydrogens is 276 g/mol. The van der Waals surface area contributed by atoms with Gasteiger partial charge in [0, 0.05) is 17.4 Å². The first-order valence-electron chi connectivity index (χ1n) is 5.95. The van der Waals surface area contributed by atoms with E-state index in [1.807, 2.05) is 6.07 Å². The van der Waals surface area contributed by atoms with E-state index in [0.717, 1.165) is 28.7 Å². The second-order valence-corrected chi connectivity index (χ2v) is 5.73. The highest BCUT2D eigenvalue weighted by molar-refractivity contribution is 9.08. The summed E-state index contributed by atoms with van der Waals surface area (Å²) in [5.74, 6) is 0. The highest BCUT2D eigenvalue weighted by Crippen LogP contribution is 2.35. The van der Waals surface area contributed by atoms with Crippen LogP contribution in [0.25, 0.3) is 0 Å². The zero-order valence-electron chi connectivity index (χ0n) is 10.3. The highest BCUT2D eigenvalue weighted by atomic mass is 79.9. The predicted octanol–water partition coefficient (Wildman–Crippen LogP) is 3.83. The largest absolute Gasteiger partial charge is 0.365 e. The van der Waals surface area contributed by atoms with Crippen LogP contribution in [0.3, 0.4) is 0 Å². The van der Waals surface area contributed by atoms with Crippen molar-refractivity contribution in [2.24, 2.45) is 0 Å². The topological polar surface area (TPSA) is 27.0 Å². The Morgan fingerprint density at radius 3 is 2.76 bits per heavy atom. The van der Waals surface area contributed by atoms with Crippen LogP contribution in [0.5, 0.6) is 0 Å². The number of benzene rings is 1. The molecule has 1 aliphatic heterocycles. The first-order chi connectivity index (χ1) is 8.08. The fraction of sp³-hybridized carbons (Fsp3) is 0.500. The van der Waals surface area contributed by atoms with Gasteiger partial charge >= 0.3 is 0 Å². The summed E-state index contributed by atoms with van der Waals surface area (Å²) in [5, 5.41) is 10.1. The molecule has 0 N–H and O–H groups in total. The van der Waals surface area contributed by atoms with Gasteiger partial charge in [-0.25, -0.2) is 0 Å². The molecule has 0 unspecified atom stereocenters. The summed E-state index contributed by atoms with van der Waals surface area (Å²) < 4.78 is 0. The van der Waals surface area contributed by atoms with E-state index in [-0.39, 0.29) is 5.54 Å². The lowest BCUT2D eigenvalue weighted by Gasteiger charge is -2.34. The Morgan fingerprint density at radius 1 is 1.47 bits per heavy atom. The molecule has 0 amide bonds. The molecule has 0 aromatic heterocycles. The van der Waals surface area contributed by atoms with Crippen molar-refractivity contribution in [1.82, 2.24) is 0 Å². The smallest absolute Gasteiger partial charge is 0.101 e. The van der Waals surface area contributed by atoms with Crippen molar-refractivity contribution in [1.29, 1.82) is 5.26 Å². The van der Waals surface area contributed by atoms with Crippen LogP contribution in [0, 0.1) is 11.3 Å². The van der Waals surface area contributed by atoms with Gasteiger partial charge in [-0.05, 0) is 44.4 Å². The quantitative estimate of drug-likeness (QED) is 0.775. The summed E-state index contributed by atoms with van der Waals surface area (Å²) >= 11 is 3.43. The summed E-state index contributed by atoms with van der Waals surface area (Å²) in [5.41, 5.74) is 3.19. The molecule has 0 bridgehead atoms. The molecule has 0 saturated carbocycles. The summed E-state index contributed by atoms with van der Waals surface area (Å²) in [6, 6.07) is 8.49. The van der Waals surface area contributed by atoms with Crippen LogP contribution in [0.1, 0.15) is 37.8 Å². The minimum atomic E-state index is 0.168. The minimum Gasteiger partial charge on any atom is -0.365 e. The summed E-state index contributed by atoms with van der Waals surface area (Å²) in [4.78, 5) is 2.36. The Kier molecular flexibility index (Phi) is 3.44. The molecule has 0 spiro atoms. The average Bonchev–Trinajstić information content (AvgIpc) is 2.68. The molecule has 1 aromatic carbocycles. The van der Waals surface area contributed by atoms with Gasteiger partial charge in [0.25, 0.3) is 0 Å². The summed E-state index contributed by atoms with van der Waals surface area (Å²) in [6.07, 6.45) is 2.40. The molecule has 0 atom stereocenters.